The molecule has 3 aromatic rings. The largest absolute Gasteiger partial charge is 0.497 e. The fourth-order valence-corrected chi connectivity index (χ4v) is 4.16. The van der Waals surface area contributed by atoms with Gasteiger partial charge in [-0.15, -0.1) is 0 Å². The number of methoxy groups -OCH3 is 1. The number of carbonyl (C=O) groups is 2. The summed E-state index contributed by atoms with van der Waals surface area (Å²) in [6.07, 6.45) is 1.37. The maximum absolute atomic E-state index is 12.1. The van der Waals surface area contributed by atoms with Gasteiger partial charge in [-0.1, -0.05) is 18.2 Å². The van der Waals surface area contributed by atoms with Crippen molar-refractivity contribution < 1.29 is 24.2 Å². The van der Waals surface area contributed by atoms with E-state index in [0.717, 1.165) is 39.9 Å². The standard InChI is InChI=1S/C22H22N2O5/c1-28-14-7-5-13(6-8-14)11-24-16-3-2-4-18(29-12-19(25)26)21(16)20-15(22(23)27)9-10-17(20)24/h2-8,15H,9-12H2,1H3,(H2,23,27)(H,25,26). The predicted molar refractivity (Wildman–Crippen MR) is 107 cm³/mol. The Morgan fingerprint density at radius 3 is 2.62 bits per heavy atom. The van der Waals surface area contributed by atoms with E-state index in [9.17, 15) is 9.59 Å². The number of aromatic nitrogens is 1. The molecule has 0 aliphatic heterocycles. The van der Waals surface area contributed by atoms with Crippen molar-refractivity contribution in [1.82, 2.24) is 4.57 Å². The summed E-state index contributed by atoms with van der Waals surface area (Å²) in [5.74, 6) is -0.584. The van der Waals surface area contributed by atoms with E-state index in [-0.39, 0.29) is 5.91 Å². The van der Waals surface area contributed by atoms with E-state index in [0.29, 0.717) is 18.7 Å². The molecule has 0 bridgehead atoms. The van der Waals surface area contributed by atoms with Crippen LogP contribution in [0.25, 0.3) is 10.9 Å². The molecule has 4 rings (SSSR count). The number of carboxylic acid groups (broad SMARTS) is 1. The molecule has 1 unspecified atom stereocenters. The lowest BCUT2D eigenvalue weighted by Crippen LogP contribution is -2.19. The van der Waals surface area contributed by atoms with E-state index in [4.69, 9.17) is 20.3 Å². The highest BCUT2D eigenvalue weighted by Crippen LogP contribution is 2.44. The highest BCUT2D eigenvalue weighted by Gasteiger charge is 2.34. The molecule has 1 heterocycles. The van der Waals surface area contributed by atoms with Crippen LogP contribution in [0.2, 0.25) is 0 Å². The normalized spacial score (nSPS) is 15.3. The number of fused-ring (bicyclic) bond motifs is 3. The van der Waals surface area contributed by atoms with Crippen molar-refractivity contribution in [2.45, 2.75) is 25.3 Å². The van der Waals surface area contributed by atoms with Crippen molar-refractivity contribution in [3.05, 3.63) is 59.3 Å². The number of hydrogen-bond acceptors (Lipinski definition) is 4. The van der Waals surface area contributed by atoms with Gasteiger partial charge in [-0.2, -0.15) is 0 Å². The van der Waals surface area contributed by atoms with E-state index < -0.39 is 18.5 Å². The first-order valence-electron chi connectivity index (χ1n) is 9.40. The molecular formula is C22H22N2O5. The second-order valence-electron chi connectivity index (χ2n) is 7.12. The summed E-state index contributed by atoms with van der Waals surface area (Å²) in [7, 11) is 1.63. The van der Waals surface area contributed by atoms with E-state index in [1.165, 1.54) is 0 Å². The number of carbonyl (C=O) groups excluding carboxylic acids is 1. The SMILES string of the molecule is COc1ccc(Cn2c3c(c4c(OCC(=O)O)cccc42)C(C(N)=O)CC3)cc1. The Morgan fingerprint density at radius 2 is 1.97 bits per heavy atom. The number of amides is 1. The monoisotopic (exact) mass is 394 g/mol. The second-order valence-corrected chi connectivity index (χ2v) is 7.12. The number of ether oxygens (including phenoxy) is 2. The van der Waals surface area contributed by atoms with Gasteiger partial charge in [0.05, 0.1) is 18.5 Å². The summed E-state index contributed by atoms with van der Waals surface area (Å²) in [6, 6.07) is 13.4. The molecule has 29 heavy (non-hydrogen) atoms. The summed E-state index contributed by atoms with van der Waals surface area (Å²) in [4.78, 5) is 23.1. The third-order valence-corrected chi connectivity index (χ3v) is 5.41. The maximum atomic E-state index is 12.1. The minimum Gasteiger partial charge on any atom is -0.497 e. The van der Waals surface area contributed by atoms with Gasteiger partial charge in [0.2, 0.25) is 5.91 Å². The topological polar surface area (TPSA) is 104 Å². The number of hydrogen-bond donors (Lipinski definition) is 2. The molecule has 2 aromatic carbocycles. The Morgan fingerprint density at radius 1 is 1.21 bits per heavy atom. The van der Waals surface area contributed by atoms with Gasteiger partial charge in [-0.25, -0.2) is 4.79 Å². The van der Waals surface area contributed by atoms with Crippen molar-refractivity contribution in [1.29, 1.82) is 0 Å². The predicted octanol–water partition coefficient (Wildman–Crippen LogP) is 2.68. The van der Waals surface area contributed by atoms with E-state index >= 15 is 0 Å². The maximum Gasteiger partial charge on any atom is 0.341 e. The van der Waals surface area contributed by atoms with Gasteiger partial charge in [-0.05, 0) is 48.2 Å². The number of nitrogens with two attached hydrogens (primary N) is 1. The van der Waals surface area contributed by atoms with Crippen LogP contribution < -0.4 is 15.2 Å². The number of nitrogens with zero attached hydrogens (tertiary/aromatic N) is 1. The zero-order valence-corrected chi connectivity index (χ0v) is 16.1. The Balaban J connectivity index is 1.85. The fourth-order valence-electron chi connectivity index (χ4n) is 4.16. The third-order valence-electron chi connectivity index (χ3n) is 5.41. The lowest BCUT2D eigenvalue weighted by molar-refractivity contribution is -0.139. The van der Waals surface area contributed by atoms with Crippen LogP contribution in [0.15, 0.2) is 42.5 Å². The molecule has 1 aliphatic rings. The number of rotatable bonds is 7. The van der Waals surface area contributed by atoms with Crippen LogP contribution in [0.1, 0.15) is 29.2 Å². The fraction of sp³-hybridized carbons (Fsp3) is 0.273. The van der Waals surface area contributed by atoms with Gasteiger partial charge in [0.25, 0.3) is 0 Å². The molecule has 1 aliphatic carbocycles. The Bertz CT molecular complexity index is 1080. The molecule has 0 radical (unpaired) electrons. The molecule has 7 heteroatoms. The number of primary amides is 1. The molecule has 7 nitrogen and oxygen atoms in total. The van der Waals surface area contributed by atoms with Gasteiger partial charge >= 0.3 is 5.97 Å². The number of aliphatic carboxylic acids is 1. The van der Waals surface area contributed by atoms with Gasteiger partial charge in [0.15, 0.2) is 6.61 Å². The summed E-state index contributed by atoms with van der Waals surface area (Å²) < 4.78 is 12.9. The van der Waals surface area contributed by atoms with E-state index in [1.54, 1.807) is 13.2 Å². The van der Waals surface area contributed by atoms with Crippen molar-refractivity contribution in [3.63, 3.8) is 0 Å². The van der Waals surface area contributed by atoms with Crippen molar-refractivity contribution in [2.75, 3.05) is 13.7 Å². The molecule has 0 spiro atoms. The van der Waals surface area contributed by atoms with Crippen LogP contribution in [0.4, 0.5) is 0 Å². The lowest BCUT2D eigenvalue weighted by atomic mass is 9.99. The zero-order chi connectivity index (χ0) is 20.5. The molecular weight excluding hydrogens is 372 g/mol. The Labute approximate surface area is 167 Å². The number of carboxylic acids is 1. The van der Waals surface area contributed by atoms with Gasteiger partial charge < -0.3 is 24.9 Å². The smallest absolute Gasteiger partial charge is 0.341 e. The van der Waals surface area contributed by atoms with Crippen molar-refractivity contribution >= 4 is 22.8 Å². The summed E-state index contributed by atoms with van der Waals surface area (Å²) in [5, 5.41) is 9.79. The highest BCUT2D eigenvalue weighted by molar-refractivity contribution is 5.97. The molecule has 0 fully saturated rings. The molecule has 1 atom stereocenters. The van der Waals surface area contributed by atoms with E-state index in [2.05, 4.69) is 4.57 Å². The molecule has 1 amide bonds. The Hall–Kier alpha value is -3.48. The minimum atomic E-state index is -1.05. The van der Waals surface area contributed by atoms with Gasteiger partial charge in [0, 0.05) is 17.6 Å². The summed E-state index contributed by atoms with van der Waals surface area (Å²) in [6.45, 7) is 0.169. The summed E-state index contributed by atoms with van der Waals surface area (Å²) >= 11 is 0. The van der Waals surface area contributed by atoms with Gasteiger partial charge in [0.1, 0.15) is 11.5 Å². The van der Waals surface area contributed by atoms with E-state index in [1.807, 2.05) is 36.4 Å². The first-order valence-corrected chi connectivity index (χ1v) is 9.40. The average molecular weight is 394 g/mol. The van der Waals surface area contributed by atoms with Crippen molar-refractivity contribution in [3.8, 4) is 11.5 Å². The van der Waals surface area contributed by atoms with Crippen LogP contribution in [0.3, 0.4) is 0 Å². The first kappa shape index (κ1) is 18.9. The second kappa shape index (κ2) is 7.50. The minimum absolute atomic E-state index is 0.375. The molecule has 3 N–H and O–H groups in total. The third kappa shape index (κ3) is 3.40. The van der Waals surface area contributed by atoms with Crippen LogP contribution in [0.5, 0.6) is 11.5 Å². The van der Waals surface area contributed by atoms with Crippen LogP contribution >= 0.6 is 0 Å². The number of benzene rings is 2. The van der Waals surface area contributed by atoms with Crippen LogP contribution in [0, 0.1) is 0 Å². The molecule has 150 valence electrons. The molecule has 0 saturated heterocycles. The molecule has 0 saturated carbocycles. The summed E-state index contributed by atoms with van der Waals surface area (Å²) in [5.41, 5.74) is 9.57. The van der Waals surface area contributed by atoms with Gasteiger partial charge in [-0.3, -0.25) is 4.79 Å². The zero-order valence-electron chi connectivity index (χ0n) is 16.1. The van der Waals surface area contributed by atoms with Crippen molar-refractivity contribution in [2.24, 2.45) is 5.73 Å². The molecule has 1 aromatic heterocycles. The highest BCUT2D eigenvalue weighted by atomic mass is 16.5. The van der Waals surface area contributed by atoms with Crippen LogP contribution in [-0.2, 0) is 22.6 Å². The lowest BCUT2D eigenvalue weighted by Gasteiger charge is -2.12. The Kier molecular flexibility index (Phi) is 4.88. The average Bonchev–Trinajstić information content (AvgIpc) is 3.26. The van der Waals surface area contributed by atoms with Crippen LogP contribution in [-0.4, -0.2) is 35.3 Å². The quantitative estimate of drug-likeness (QED) is 0.641. The first-order chi connectivity index (χ1) is 14.0.